The summed E-state index contributed by atoms with van der Waals surface area (Å²) in [6, 6.07) is 8.72. The smallest absolute Gasteiger partial charge is 0.110 e. The summed E-state index contributed by atoms with van der Waals surface area (Å²) in [5, 5.41) is 0. The first-order valence-electron chi connectivity index (χ1n) is 5.43. The number of H-pyrrole nitrogens is 1. The van der Waals surface area contributed by atoms with Crippen molar-refractivity contribution in [2.24, 2.45) is 0 Å². The van der Waals surface area contributed by atoms with Crippen molar-refractivity contribution in [2.75, 3.05) is 0 Å². The first-order valence-corrected chi connectivity index (χ1v) is 5.43. The van der Waals surface area contributed by atoms with E-state index in [0.717, 1.165) is 12.2 Å². The number of hydrogen-bond acceptors (Lipinski definition) is 1. The molecule has 1 aliphatic rings. The zero-order valence-corrected chi connectivity index (χ0v) is 8.77. The zero-order valence-electron chi connectivity index (χ0n) is 8.77. The second-order valence-electron chi connectivity index (χ2n) is 4.27. The van der Waals surface area contributed by atoms with Crippen LogP contribution in [0, 0.1) is 0 Å². The maximum Gasteiger partial charge on any atom is 0.110 e. The SMILES string of the molecule is C[C@@H]1c2ccccc2CC1c1ncc[nH]1. The van der Waals surface area contributed by atoms with Gasteiger partial charge >= 0.3 is 0 Å². The normalized spacial score (nSPS) is 24.1. The van der Waals surface area contributed by atoms with Gasteiger partial charge in [-0.05, 0) is 23.5 Å². The van der Waals surface area contributed by atoms with Crippen LogP contribution >= 0.6 is 0 Å². The van der Waals surface area contributed by atoms with Crippen LogP contribution in [0.3, 0.4) is 0 Å². The van der Waals surface area contributed by atoms with Gasteiger partial charge in [0.1, 0.15) is 5.82 Å². The van der Waals surface area contributed by atoms with Crippen molar-refractivity contribution in [2.45, 2.75) is 25.2 Å². The third-order valence-electron chi connectivity index (χ3n) is 3.46. The van der Waals surface area contributed by atoms with Crippen LogP contribution in [0.25, 0.3) is 0 Å². The predicted molar refractivity (Wildman–Crippen MR) is 59.9 cm³/mol. The first kappa shape index (κ1) is 8.72. The number of aromatic amines is 1. The number of rotatable bonds is 1. The summed E-state index contributed by atoms with van der Waals surface area (Å²) in [7, 11) is 0. The second-order valence-corrected chi connectivity index (χ2v) is 4.27. The number of imidazole rings is 1. The highest BCUT2D eigenvalue weighted by Crippen LogP contribution is 2.42. The third kappa shape index (κ3) is 1.29. The monoisotopic (exact) mass is 198 g/mol. The van der Waals surface area contributed by atoms with Gasteiger partial charge in [0, 0.05) is 18.3 Å². The highest BCUT2D eigenvalue weighted by molar-refractivity contribution is 5.38. The van der Waals surface area contributed by atoms with E-state index >= 15 is 0 Å². The lowest BCUT2D eigenvalue weighted by Gasteiger charge is -2.12. The number of fused-ring (bicyclic) bond motifs is 1. The van der Waals surface area contributed by atoms with E-state index in [1.807, 2.05) is 12.4 Å². The van der Waals surface area contributed by atoms with E-state index < -0.39 is 0 Å². The van der Waals surface area contributed by atoms with Crippen molar-refractivity contribution in [1.82, 2.24) is 9.97 Å². The van der Waals surface area contributed by atoms with Crippen LogP contribution < -0.4 is 0 Å². The maximum absolute atomic E-state index is 4.38. The van der Waals surface area contributed by atoms with Crippen LogP contribution in [-0.4, -0.2) is 9.97 Å². The van der Waals surface area contributed by atoms with Gasteiger partial charge in [-0.3, -0.25) is 0 Å². The van der Waals surface area contributed by atoms with E-state index in [2.05, 4.69) is 41.2 Å². The molecule has 0 amide bonds. The Morgan fingerprint density at radius 3 is 2.93 bits per heavy atom. The van der Waals surface area contributed by atoms with Crippen LogP contribution in [0.4, 0.5) is 0 Å². The number of aromatic nitrogens is 2. The molecule has 0 aliphatic heterocycles. The van der Waals surface area contributed by atoms with Crippen LogP contribution in [0.5, 0.6) is 0 Å². The van der Waals surface area contributed by atoms with Gasteiger partial charge in [-0.1, -0.05) is 31.2 Å². The molecule has 1 N–H and O–H groups in total. The Bertz CT molecular complexity index is 459. The average Bonchev–Trinajstić information content (AvgIpc) is 2.87. The van der Waals surface area contributed by atoms with Crippen molar-refractivity contribution in [3.63, 3.8) is 0 Å². The molecule has 0 radical (unpaired) electrons. The number of nitrogens with one attached hydrogen (secondary N) is 1. The molecule has 3 rings (SSSR count). The maximum atomic E-state index is 4.38. The van der Waals surface area contributed by atoms with Gasteiger partial charge in [-0.25, -0.2) is 4.98 Å². The van der Waals surface area contributed by atoms with Gasteiger partial charge in [0.15, 0.2) is 0 Å². The summed E-state index contributed by atoms with van der Waals surface area (Å²) in [6.45, 7) is 2.29. The quantitative estimate of drug-likeness (QED) is 0.750. The summed E-state index contributed by atoms with van der Waals surface area (Å²) in [5.74, 6) is 2.23. The molecule has 1 heterocycles. The summed E-state index contributed by atoms with van der Waals surface area (Å²) in [6.07, 6.45) is 4.86. The summed E-state index contributed by atoms with van der Waals surface area (Å²) in [5.41, 5.74) is 2.96. The average molecular weight is 198 g/mol. The predicted octanol–water partition coefficient (Wildman–Crippen LogP) is 2.85. The fourth-order valence-corrected chi connectivity index (χ4v) is 2.61. The standard InChI is InChI=1S/C13H14N2/c1-9-11-5-3-2-4-10(11)8-12(9)13-14-6-7-15-13/h2-7,9,12H,8H2,1H3,(H,14,15)/t9-,12?/m1/s1. The van der Waals surface area contributed by atoms with Gasteiger partial charge < -0.3 is 4.98 Å². The molecule has 1 aliphatic carbocycles. The fraction of sp³-hybridized carbons (Fsp3) is 0.308. The molecule has 0 saturated carbocycles. The van der Waals surface area contributed by atoms with Gasteiger partial charge in [-0.15, -0.1) is 0 Å². The first-order chi connectivity index (χ1) is 7.36. The highest BCUT2D eigenvalue weighted by atomic mass is 14.9. The topological polar surface area (TPSA) is 28.7 Å². The molecule has 0 bridgehead atoms. The van der Waals surface area contributed by atoms with Crippen LogP contribution in [0.1, 0.15) is 35.7 Å². The summed E-state index contributed by atoms with van der Waals surface area (Å²) in [4.78, 5) is 7.61. The molecule has 0 spiro atoms. The molecule has 2 aromatic rings. The molecule has 2 heteroatoms. The largest absolute Gasteiger partial charge is 0.348 e. The minimum absolute atomic E-state index is 0.525. The van der Waals surface area contributed by atoms with Crippen LogP contribution in [0.2, 0.25) is 0 Å². The molecule has 15 heavy (non-hydrogen) atoms. The van der Waals surface area contributed by atoms with Gasteiger partial charge in [0.25, 0.3) is 0 Å². The van der Waals surface area contributed by atoms with Gasteiger partial charge in [0.2, 0.25) is 0 Å². The van der Waals surface area contributed by atoms with Crippen LogP contribution in [0.15, 0.2) is 36.7 Å². The molecule has 0 saturated heterocycles. The van der Waals surface area contributed by atoms with Crippen molar-refractivity contribution in [1.29, 1.82) is 0 Å². The number of hydrogen-bond donors (Lipinski definition) is 1. The molecular formula is C13H14N2. The molecular weight excluding hydrogens is 184 g/mol. The Labute approximate surface area is 89.4 Å². The molecule has 2 nitrogen and oxygen atoms in total. The van der Waals surface area contributed by atoms with Crippen molar-refractivity contribution < 1.29 is 0 Å². The number of benzene rings is 1. The molecule has 1 unspecified atom stereocenters. The minimum atomic E-state index is 0.525. The highest BCUT2D eigenvalue weighted by Gasteiger charge is 2.31. The Kier molecular flexibility index (Phi) is 1.88. The molecule has 1 aromatic heterocycles. The Morgan fingerprint density at radius 1 is 1.33 bits per heavy atom. The Balaban J connectivity index is 2.00. The molecule has 2 atom stereocenters. The zero-order chi connectivity index (χ0) is 10.3. The van der Waals surface area contributed by atoms with Crippen molar-refractivity contribution in [3.05, 3.63) is 53.6 Å². The molecule has 76 valence electrons. The van der Waals surface area contributed by atoms with Crippen molar-refractivity contribution >= 4 is 0 Å². The lowest BCUT2D eigenvalue weighted by Crippen LogP contribution is -2.04. The molecule has 1 aromatic carbocycles. The second kappa shape index (κ2) is 3.23. The third-order valence-corrected chi connectivity index (χ3v) is 3.46. The lowest BCUT2D eigenvalue weighted by molar-refractivity contribution is 0.595. The summed E-state index contributed by atoms with van der Waals surface area (Å²) < 4.78 is 0. The fourth-order valence-electron chi connectivity index (χ4n) is 2.61. The van der Waals surface area contributed by atoms with E-state index in [-0.39, 0.29) is 0 Å². The van der Waals surface area contributed by atoms with Crippen molar-refractivity contribution in [3.8, 4) is 0 Å². The lowest BCUT2D eigenvalue weighted by atomic mass is 9.94. The van der Waals surface area contributed by atoms with E-state index in [1.165, 1.54) is 11.1 Å². The summed E-state index contributed by atoms with van der Waals surface area (Å²) >= 11 is 0. The van der Waals surface area contributed by atoms with E-state index in [4.69, 9.17) is 0 Å². The molecule has 0 fully saturated rings. The van der Waals surface area contributed by atoms with Gasteiger partial charge in [0.05, 0.1) is 0 Å². The van der Waals surface area contributed by atoms with E-state index in [9.17, 15) is 0 Å². The van der Waals surface area contributed by atoms with Crippen LogP contribution in [-0.2, 0) is 6.42 Å². The minimum Gasteiger partial charge on any atom is -0.348 e. The Morgan fingerprint density at radius 2 is 2.20 bits per heavy atom. The Hall–Kier alpha value is -1.57. The van der Waals surface area contributed by atoms with E-state index in [1.54, 1.807) is 0 Å². The number of nitrogens with zero attached hydrogens (tertiary/aromatic N) is 1. The van der Waals surface area contributed by atoms with Gasteiger partial charge in [-0.2, -0.15) is 0 Å². The van der Waals surface area contributed by atoms with E-state index in [0.29, 0.717) is 11.8 Å².